The molecule has 9 nitrogen and oxygen atoms in total. The van der Waals surface area contributed by atoms with Crippen molar-refractivity contribution < 1.29 is 19.4 Å². The number of aliphatic hydroxyl groups excluding tert-OH is 1. The van der Waals surface area contributed by atoms with Crippen molar-refractivity contribution in [1.82, 2.24) is 15.0 Å². The Hall–Kier alpha value is -3.03. The minimum absolute atomic E-state index is 0.196. The number of anilines is 2. The van der Waals surface area contributed by atoms with E-state index in [1.165, 1.54) is 37.3 Å². The van der Waals surface area contributed by atoms with Crippen LogP contribution in [0, 0.1) is 0 Å². The second kappa shape index (κ2) is 13.5. The quantitative estimate of drug-likeness (QED) is 0.140. The van der Waals surface area contributed by atoms with Gasteiger partial charge in [-0.2, -0.15) is 0 Å². The van der Waals surface area contributed by atoms with Crippen LogP contribution in [-0.4, -0.2) is 52.9 Å². The number of benzene rings is 2. The van der Waals surface area contributed by atoms with Gasteiger partial charge in [0.25, 0.3) is 0 Å². The second-order valence-electron chi connectivity index (χ2n) is 8.23. The van der Waals surface area contributed by atoms with Crippen molar-refractivity contribution in [2.45, 2.75) is 37.8 Å². The lowest BCUT2D eigenvalue weighted by Crippen LogP contribution is -2.36. The number of rotatable bonds is 10. The number of ether oxygens (including phenoxy) is 1. The van der Waals surface area contributed by atoms with Crippen molar-refractivity contribution in [2.24, 2.45) is 0 Å². The number of aromatic nitrogens is 1. The molecule has 2 aromatic carbocycles. The third-order valence-corrected chi connectivity index (χ3v) is 7.12. The minimum Gasteiger partial charge on any atom is -0.468 e. The first kappa shape index (κ1) is 28.5. The zero-order valence-electron chi connectivity index (χ0n) is 20.8. The molecule has 12 heteroatoms. The number of nitrogens with one attached hydrogen (secondary N) is 4. The summed E-state index contributed by atoms with van der Waals surface area (Å²) >= 11 is 7.98. The Kier molecular flexibility index (Phi) is 10.4. The Bertz CT molecular complexity index is 1250. The van der Waals surface area contributed by atoms with E-state index in [4.69, 9.17) is 17.0 Å². The lowest BCUT2D eigenvalue weighted by molar-refractivity contribution is -0.143. The van der Waals surface area contributed by atoms with E-state index in [1.807, 2.05) is 44.2 Å². The summed E-state index contributed by atoms with van der Waals surface area (Å²) < 4.78 is 7.67. The molecule has 0 fully saturated rings. The molecule has 0 aliphatic heterocycles. The van der Waals surface area contributed by atoms with E-state index < -0.39 is 18.6 Å². The van der Waals surface area contributed by atoms with Crippen LogP contribution in [-0.2, 0) is 14.3 Å². The topological polar surface area (TPSA) is 125 Å². The molecule has 1 unspecified atom stereocenters. The summed E-state index contributed by atoms with van der Waals surface area (Å²) in [7, 11) is 1.26. The van der Waals surface area contributed by atoms with E-state index in [9.17, 15) is 14.7 Å². The van der Waals surface area contributed by atoms with Gasteiger partial charge in [-0.05, 0) is 74.4 Å². The van der Waals surface area contributed by atoms with Crippen LogP contribution in [0.3, 0.4) is 0 Å². The van der Waals surface area contributed by atoms with Crippen LogP contribution in [0.1, 0.15) is 20.8 Å². The Balaban J connectivity index is 1.83. The number of aliphatic hydroxyl groups is 1. The third-order valence-electron chi connectivity index (χ3n) is 4.86. The van der Waals surface area contributed by atoms with Crippen molar-refractivity contribution in [3.63, 3.8) is 0 Å². The molecule has 1 heterocycles. The van der Waals surface area contributed by atoms with Crippen LogP contribution in [0.2, 0.25) is 0 Å². The summed E-state index contributed by atoms with van der Waals surface area (Å²) in [6.45, 7) is 5.06. The highest BCUT2D eigenvalue weighted by Gasteiger charge is 2.20. The number of hydrogen-bond acceptors (Lipinski definition) is 9. The van der Waals surface area contributed by atoms with E-state index in [0.717, 1.165) is 31.6 Å². The Morgan fingerprint density at radius 2 is 1.84 bits per heavy atom. The summed E-state index contributed by atoms with van der Waals surface area (Å²) in [4.78, 5) is 29.7. The molecule has 1 amide bonds. The molecule has 0 radical (unpaired) electrons. The molecular weight excluding hydrogens is 531 g/mol. The van der Waals surface area contributed by atoms with Crippen LogP contribution in [0.25, 0.3) is 21.0 Å². The van der Waals surface area contributed by atoms with Gasteiger partial charge in [0.05, 0.1) is 18.6 Å². The molecule has 3 rings (SSSR count). The first-order valence-corrected chi connectivity index (χ1v) is 13.4. The maximum Gasteiger partial charge on any atom is 0.326 e. The van der Waals surface area contributed by atoms with E-state index in [1.54, 1.807) is 18.3 Å². The number of esters is 1. The number of carbonyl (C=O) groups excluding carboxylic acids is 2. The normalized spacial score (nSPS) is 11.6. The molecule has 37 heavy (non-hydrogen) atoms. The van der Waals surface area contributed by atoms with Crippen LogP contribution >= 0.6 is 35.5 Å². The zero-order chi connectivity index (χ0) is 26.9. The number of nitrogens with zero attached hydrogens (tertiary/aromatic N) is 1. The molecule has 0 saturated heterocycles. The molecular formula is C25H29N5O4S3. The molecule has 0 bridgehead atoms. The fourth-order valence-corrected chi connectivity index (χ4v) is 5.48. The number of thiazole rings is 1. The predicted molar refractivity (Wildman–Crippen MR) is 154 cm³/mol. The maximum absolute atomic E-state index is 11.9. The lowest BCUT2D eigenvalue weighted by Gasteiger charge is -2.15. The van der Waals surface area contributed by atoms with Crippen LogP contribution in [0.15, 0.2) is 53.6 Å². The van der Waals surface area contributed by atoms with Crippen LogP contribution in [0.5, 0.6) is 0 Å². The van der Waals surface area contributed by atoms with Crippen molar-refractivity contribution in [3.05, 3.63) is 48.7 Å². The molecule has 1 atom stereocenters. The van der Waals surface area contributed by atoms with E-state index in [-0.39, 0.29) is 11.9 Å². The molecule has 0 spiro atoms. The SMILES string of the molecule is COC(=O)C(CO)NSc1cc(NC(C)=O)ccc1-c1cnc(-c2ccc(NC(=S)NC(C)C)cc2)s1. The summed E-state index contributed by atoms with van der Waals surface area (Å²) in [6.07, 6.45) is 1.79. The number of carbonyl (C=O) groups is 2. The first-order valence-electron chi connectivity index (χ1n) is 11.4. The predicted octanol–water partition coefficient (Wildman–Crippen LogP) is 4.26. The maximum atomic E-state index is 11.9. The largest absolute Gasteiger partial charge is 0.468 e. The molecule has 3 aromatic rings. The number of methoxy groups -OCH3 is 1. The molecule has 1 aromatic heterocycles. The average Bonchev–Trinajstić information content (AvgIpc) is 3.34. The smallest absolute Gasteiger partial charge is 0.326 e. The Labute approximate surface area is 229 Å². The van der Waals surface area contributed by atoms with Gasteiger partial charge in [-0.3, -0.25) is 9.59 Å². The fraction of sp³-hybridized carbons (Fsp3) is 0.280. The Morgan fingerprint density at radius 1 is 1.14 bits per heavy atom. The highest BCUT2D eigenvalue weighted by molar-refractivity contribution is 7.97. The summed E-state index contributed by atoms with van der Waals surface area (Å²) in [5.74, 6) is -0.772. The van der Waals surface area contributed by atoms with E-state index in [2.05, 4.69) is 25.7 Å². The van der Waals surface area contributed by atoms with Crippen LogP contribution < -0.4 is 20.7 Å². The number of hydrogen-bond donors (Lipinski definition) is 5. The van der Waals surface area contributed by atoms with Gasteiger partial charge in [-0.15, -0.1) is 11.3 Å². The molecule has 0 saturated carbocycles. The molecule has 5 N–H and O–H groups in total. The molecule has 0 aliphatic rings. The standard InChI is InChI=1S/C25H29N5O4S3/c1-14(2)27-25(35)29-17-7-5-16(6-8-17)23-26-12-22(36-23)19-10-9-18(28-15(3)32)11-21(19)37-30-20(13-31)24(33)34-4/h5-12,14,20,30-31H,13H2,1-4H3,(H,28,32)(H2,27,29,35). The summed E-state index contributed by atoms with van der Waals surface area (Å²) in [5.41, 5.74) is 3.30. The summed E-state index contributed by atoms with van der Waals surface area (Å²) in [5, 5.41) is 20.0. The molecule has 196 valence electrons. The van der Waals surface area contributed by atoms with Gasteiger partial charge < -0.3 is 25.8 Å². The first-order chi connectivity index (χ1) is 17.7. The van der Waals surface area contributed by atoms with Crippen LogP contribution in [0.4, 0.5) is 11.4 Å². The van der Waals surface area contributed by atoms with E-state index >= 15 is 0 Å². The van der Waals surface area contributed by atoms with E-state index in [0.29, 0.717) is 10.8 Å². The number of thiocarbonyl (C=S) groups is 1. The lowest BCUT2D eigenvalue weighted by atomic mass is 10.2. The van der Waals surface area contributed by atoms with Gasteiger partial charge in [-0.1, -0.05) is 6.07 Å². The minimum atomic E-state index is -0.903. The third kappa shape index (κ3) is 8.23. The van der Waals surface area contributed by atoms with Crippen molar-refractivity contribution in [3.8, 4) is 21.0 Å². The number of amides is 1. The highest BCUT2D eigenvalue weighted by Crippen LogP contribution is 2.38. The van der Waals surface area contributed by atoms with Gasteiger partial charge in [0.2, 0.25) is 5.91 Å². The van der Waals surface area contributed by atoms with Gasteiger partial charge >= 0.3 is 5.97 Å². The highest BCUT2D eigenvalue weighted by atomic mass is 32.2. The van der Waals surface area contributed by atoms with Gasteiger partial charge in [-0.25, -0.2) is 9.71 Å². The summed E-state index contributed by atoms with van der Waals surface area (Å²) in [6, 6.07) is 12.7. The van der Waals surface area contributed by atoms with Gasteiger partial charge in [0, 0.05) is 46.6 Å². The van der Waals surface area contributed by atoms with Crippen molar-refractivity contribution >= 4 is 63.9 Å². The van der Waals surface area contributed by atoms with Crippen molar-refractivity contribution in [2.75, 3.05) is 24.4 Å². The van der Waals surface area contributed by atoms with Crippen molar-refractivity contribution in [1.29, 1.82) is 0 Å². The monoisotopic (exact) mass is 559 g/mol. The fourth-order valence-electron chi connectivity index (χ4n) is 3.19. The van der Waals surface area contributed by atoms with Gasteiger partial charge in [0.15, 0.2) is 5.11 Å². The molecule has 0 aliphatic carbocycles. The Morgan fingerprint density at radius 3 is 2.46 bits per heavy atom. The van der Waals surface area contributed by atoms with Gasteiger partial charge in [0.1, 0.15) is 11.0 Å². The second-order valence-corrected chi connectivity index (χ2v) is 10.5. The zero-order valence-corrected chi connectivity index (χ0v) is 23.3. The average molecular weight is 560 g/mol.